The van der Waals surface area contributed by atoms with Crippen LogP contribution < -0.4 is 0 Å². The summed E-state index contributed by atoms with van der Waals surface area (Å²) in [6, 6.07) is 9.61. The van der Waals surface area contributed by atoms with Gasteiger partial charge in [-0.2, -0.15) is 13.2 Å². The molecule has 0 spiro atoms. The largest absolute Gasteiger partial charge is 0.434 e. The molecule has 0 aliphatic heterocycles. The van der Waals surface area contributed by atoms with E-state index in [0.717, 1.165) is 6.20 Å². The van der Waals surface area contributed by atoms with Crippen molar-refractivity contribution in [1.29, 1.82) is 0 Å². The number of halogens is 3. The van der Waals surface area contributed by atoms with Gasteiger partial charge in [-0.3, -0.25) is 13.8 Å². The molecule has 0 saturated carbocycles. The van der Waals surface area contributed by atoms with Crippen molar-refractivity contribution < 1.29 is 17.4 Å². The van der Waals surface area contributed by atoms with E-state index in [1.54, 1.807) is 36.4 Å². The predicted octanol–water partition coefficient (Wildman–Crippen LogP) is 3.66. The van der Waals surface area contributed by atoms with E-state index in [2.05, 4.69) is 15.8 Å². The highest BCUT2D eigenvalue weighted by molar-refractivity contribution is 7.99. The lowest BCUT2D eigenvalue weighted by Gasteiger charge is -2.09. The van der Waals surface area contributed by atoms with Gasteiger partial charge >= 0.3 is 6.18 Å². The minimum atomic E-state index is -4.56. The van der Waals surface area contributed by atoms with Crippen molar-refractivity contribution in [3.8, 4) is 17.1 Å². The van der Waals surface area contributed by atoms with Crippen molar-refractivity contribution >= 4 is 15.4 Å². The Bertz CT molecular complexity index is 992. The zero-order valence-electron chi connectivity index (χ0n) is 13.2. The molecule has 25 heavy (non-hydrogen) atoms. The normalized spacial score (nSPS) is 14.2. The molecular formula is C17H14F3N3OS. The number of hydrogen-bond acceptors (Lipinski definition) is 3. The lowest BCUT2D eigenvalue weighted by Crippen LogP contribution is -2.05. The fourth-order valence-corrected chi connectivity index (χ4v) is 3.02. The molecule has 1 aromatic carbocycles. The molecule has 3 aromatic rings. The Morgan fingerprint density at radius 1 is 1.16 bits per heavy atom. The van der Waals surface area contributed by atoms with Crippen molar-refractivity contribution in [1.82, 2.24) is 14.5 Å². The molecule has 4 nitrogen and oxygen atoms in total. The van der Waals surface area contributed by atoms with Gasteiger partial charge in [-0.05, 0) is 51.8 Å². The molecule has 0 fully saturated rings. The van der Waals surface area contributed by atoms with Crippen molar-refractivity contribution in [3.05, 3.63) is 60.7 Å². The first-order chi connectivity index (χ1) is 11.7. The van der Waals surface area contributed by atoms with Crippen LogP contribution in [-0.4, -0.2) is 30.9 Å². The smallest absolute Gasteiger partial charge is 0.299 e. The molecule has 3 rings (SSSR count). The zero-order chi connectivity index (χ0) is 18.2. The quantitative estimate of drug-likeness (QED) is 0.666. The van der Waals surface area contributed by atoms with Crippen LogP contribution in [0.3, 0.4) is 0 Å². The molecule has 0 aliphatic carbocycles. The van der Waals surface area contributed by atoms with E-state index in [-0.39, 0.29) is 5.82 Å². The highest BCUT2D eigenvalue weighted by Crippen LogP contribution is 2.32. The van der Waals surface area contributed by atoms with Gasteiger partial charge in [-0.25, -0.2) is 4.98 Å². The summed E-state index contributed by atoms with van der Waals surface area (Å²) in [5.41, 5.74) is -0.0698. The molecule has 0 aliphatic rings. The molecule has 2 heterocycles. The summed E-state index contributed by atoms with van der Waals surface area (Å²) in [5.74, 6) is 3.72. The van der Waals surface area contributed by atoms with Crippen LogP contribution in [0.25, 0.3) is 17.1 Å². The molecule has 130 valence electrons. The summed E-state index contributed by atoms with van der Waals surface area (Å²) in [6.07, 6.45) is 0.852. The van der Waals surface area contributed by atoms with Crippen LogP contribution in [0.15, 0.2) is 59.9 Å². The van der Waals surface area contributed by atoms with E-state index in [4.69, 9.17) is 0 Å². The van der Waals surface area contributed by atoms with Crippen LogP contribution in [0.2, 0.25) is 0 Å². The van der Waals surface area contributed by atoms with Crippen molar-refractivity contribution in [3.63, 3.8) is 0 Å². The summed E-state index contributed by atoms with van der Waals surface area (Å²) in [5, 5.41) is 0. The summed E-state index contributed by atoms with van der Waals surface area (Å²) < 4.78 is 52.6. The van der Waals surface area contributed by atoms with Crippen LogP contribution in [0.5, 0.6) is 0 Å². The zero-order valence-corrected chi connectivity index (χ0v) is 14.0. The van der Waals surface area contributed by atoms with Crippen LogP contribution >= 0.6 is 0 Å². The molecule has 1 unspecified atom stereocenters. The van der Waals surface area contributed by atoms with Gasteiger partial charge in [0, 0.05) is 41.0 Å². The topological polar surface area (TPSA) is 47.8 Å². The van der Waals surface area contributed by atoms with Crippen LogP contribution in [0.1, 0.15) is 5.69 Å². The fraction of sp³-hybridized carbons (Fsp3) is 0.118. The summed E-state index contributed by atoms with van der Waals surface area (Å²) in [6.45, 7) is 0. The molecule has 0 radical (unpaired) electrons. The molecule has 1 atom stereocenters. The summed E-state index contributed by atoms with van der Waals surface area (Å²) in [7, 11) is -2.40. The molecular weight excluding hydrogens is 351 g/mol. The minimum Gasteiger partial charge on any atom is -0.299 e. The first kappa shape index (κ1) is 17.2. The third-order valence-electron chi connectivity index (χ3n) is 3.53. The lowest BCUT2D eigenvalue weighted by atomic mass is 10.2. The van der Waals surface area contributed by atoms with Crippen molar-refractivity contribution in [2.24, 2.45) is 0 Å². The average molecular weight is 365 g/mol. The van der Waals surface area contributed by atoms with Crippen LogP contribution in [-0.2, 0) is 15.7 Å². The number of rotatable bonds is 3. The Kier molecular flexibility index (Phi) is 4.16. The predicted molar refractivity (Wildman–Crippen MR) is 91.3 cm³/mol. The first-order valence-corrected chi connectivity index (χ1v) is 9.29. The lowest BCUT2D eigenvalue weighted by molar-refractivity contribution is -0.140. The Hall–Kier alpha value is -2.61. The van der Waals surface area contributed by atoms with Gasteiger partial charge < -0.3 is 0 Å². The minimum absolute atomic E-state index is 0.125. The number of alkyl halides is 3. The fourth-order valence-electron chi connectivity index (χ4n) is 2.31. The number of nitrogens with zero attached hydrogens (tertiary/aromatic N) is 3. The van der Waals surface area contributed by atoms with Crippen LogP contribution in [0.4, 0.5) is 13.2 Å². The monoisotopic (exact) mass is 365 g/mol. The summed E-state index contributed by atoms with van der Waals surface area (Å²) >= 11 is 0. The van der Waals surface area contributed by atoms with Gasteiger partial charge in [0.2, 0.25) is 0 Å². The maximum atomic E-state index is 13.1. The third-order valence-corrected chi connectivity index (χ3v) is 4.80. The molecule has 0 N–H and O–H groups in total. The number of pyridine rings is 1. The Balaban J connectivity index is 2.16. The molecule has 0 bridgehead atoms. The number of benzene rings is 1. The van der Waals surface area contributed by atoms with E-state index in [1.807, 2.05) is 0 Å². The second kappa shape index (κ2) is 6.03. The van der Waals surface area contributed by atoms with E-state index in [1.165, 1.54) is 23.2 Å². The number of hydrogen-bond donors (Lipinski definition) is 0. The highest BCUT2D eigenvalue weighted by atomic mass is 32.2. The SMILES string of the molecule is C=S(C)(=O)c1ccc(-n2cc(C(F)(F)F)nc2-c2cccnc2)cc1. The van der Waals surface area contributed by atoms with Gasteiger partial charge in [-0.1, -0.05) is 0 Å². The number of imidazole rings is 1. The molecule has 2 aromatic heterocycles. The Morgan fingerprint density at radius 3 is 2.36 bits per heavy atom. The maximum absolute atomic E-state index is 13.1. The average Bonchev–Trinajstić information content (AvgIpc) is 3.00. The number of aromatic nitrogens is 3. The Labute approximate surface area is 143 Å². The van der Waals surface area contributed by atoms with E-state index in [0.29, 0.717) is 16.1 Å². The second-order valence-corrected chi connectivity index (χ2v) is 8.04. The van der Waals surface area contributed by atoms with Gasteiger partial charge in [0.05, 0.1) is 0 Å². The van der Waals surface area contributed by atoms with Crippen LogP contribution in [0, 0.1) is 0 Å². The molecule has 0 saturated heterocycles. The van der Waals surface area contributed by atoms with Gasteiger partial charge in [-0.15, -0.1) is 0 Å². The van der Waals surface area contributed by atoms with Crippen molar-refractivity contribution in [2.75, 3.05) is 6.26 Å². The summed E-state index contributed by atoms with van der Waals surface area (Å²) in [4.78, 5) is 8.18. The molecule has 0 amide bonds. The van der Waals surface area contributed by atoms with E-state index >= 15 is 0 Å². The second-order valence-electron chi connectivity index (χ2n) is 5.56. The van der Waals surface area contributed by atoms with Gasteiger partial charge in [0.25, 0.3) is 0 Å². The van der Waals surface area contributed by atoms with E-state index in [9.17, 15) is 17.4 Å². The van der Waals surface area contributed by atoms with E-state index < -0.39 is 21.4 Å². The standard InChI is InChI=1S/C17H14F3N3OS/c1-25(2,24)14-7-5-13(6-8-14)23-11-15(17(18,19)20)22-16(23)12-4-3-9-21-10-12/h3-11H,1H2,2H3. The highest BCUT2D eigenvalue weighted by Gasteiger charge is 2.35. The maximum Gasteiger partial charge on any atom is 0.434 e. The Morgan fingerprint density at radius 2 is 1.84 bits per heavy atom. The molecule has 8 heteroatoms. The van der Waals surface area contributed by atoms with Gasteiger partial charge in [0.15, 0.2) is 5.69 Å². The van der Waals surface area contributed by atoms with Crippen molar-refractivity contribution in [2.45, 2.75) is 11.1 Å². The first-order valence-electron chi connectivity index (χ1n) is 7.16. The van der Waals surface area contributed by atoms with Gasteiger partial charge in [0.1, 0.15) is 5.82 Å². The third kappa shape index (κ3) is 3.58.